The van der Waals surface area contributed by atoms with Crippen molar-refractivity contribution >= 4 is 56.2 Å². The van der Waals surface area contributed by atoms with Crippen LogP contribution >= 0.6 is 11.3 Å². The van der Waals surface area contributed by atoms with Crippen molar-refractivity contribution in [2.75, 3.05) is 42.6 Å². The molecule has 0 aliphatic carbocycles. The van der Waals surface area contributed by atoms with Crippen LogP contribution in [-0.2, 0) is 4.79 Å². The van der Waals surface area contributed by atoms with Crippen molar-refractivity contribution in [1.29, 1.82) is 0 Å². The molecule has 1 aromatic heterocycles. The second-order valence-corrected chi connectivity index (χ2v) is 10.9. The Kier molecular flexibility index (Phi) is 6.99. The number of hydrogen-bond donors (Lipinski definition) is 4. The topological polar surface area (TPSA) is 103 Å². The second-order valence-electron chi connectivity index (χ2n) is 9.80. The minimum Gasteiger partial charge on any atom is -0.381 e. The minimum absolute atomic E-state index is 0.0156. The molecular weight excluding hydrogens is 486 g/mol. The molecular formula is C28H31N5O3S. The molecule has 192 valence electrons. The molecule has 2 aliphatic heterocycles. The minimum atomic E-state index is -0.285. The molecule has 2 aromatic carbocycles. The molecule has 0 unspecified atom stereocenters. The fourth-order valence-electron chi connectivity index (χ4n) is 4.97. The molecule has 5 rings (SSSR count). The lowest BCUT2D eigenvalue weighted by Crippen LogP contribution is -2.34. The number of thiophene rings is 1. The smallest absolute Gasteiger partial charge is 0.263 e. The number of carbonyl (C=O) groups excluding carboxylic acids is 3. The standard InChI is InChI=1S/C28H31N5O3S/c1-4-24(34)32-22-14-19(6-7-20(22)17-9-11-33(3)12-10-17)31-27(35)18-5-8-23-21(13-18)25-26(37-23)28(36)30-16(2)15-29-25/h4-8,13-14,16-17,29H,1,9-12,15H2,2-3H3,(H,30,36)(H,31,35)(H,32,34)/t16-/m1/s1. The quantitative estimate of drug-likeness (QED) is 0.370. The van der Waals surface area contributed by atoms with Crippen LogP contribution in [-0.4, -0.2) is 55.3 Å². The molecule has 0 spiro atoms. The Labute approximate surface area is 220 Å². The van der Waals surface area contributed by atoms with Crippen LogP contribution in [0.25, 0.3) is 10.1 Å². The molecule has 1 fully saturated rings. The summed E-state index contributed by atoms with van der Waals surface area (Å²) in [5.41, 5.74) is 3.62. The third-order valence-corrected chi connectivity index (χ3v) is 8.20. The van der Waals surface area contributed by atoms with E-state index in [0.717, 1.165) is 47.3 Å². The van der Waals surface area contributed by atoms with Crippen LogP contribution in [0.2, 0.25) is 0 Å². The highest BCUT2D eigenvalue weighted by Crippen LogP contribution is 2.38. The van der Waals surface area contributed by atoms with Gasteiger partial charge in [0.05, 0.1) is 5.69 Å². The van der Waals surface area contributed by atoms with Gasteiger partial charge in [-0.15, -0.1) is 11.3 Å². The van der Waals surface area contributed by atoms with Crippen LogP contribution in [0.1, 0.15) is 51.3 Å². The largest absolute Gasteiger partial charge is 0.381 e. The number of piperidine rings is 1. The van der Waals surface area contributed by atoms with Crippen LogP contribution in [0.4, 0.5) is 17.1 Å². The third-order valence-electron chi connectivity index (χ3n) is 7.03. The van der Waals surface area contributed by atoms with Crippen molar-refractivity contribution in [3.05, 3.63) is 65.1 Å². The first-order valence-corrected chi connectivity index (χ1v) is 13.3. The number of fused-ring (bicyclic) bond motifs is 3. The lowest BCUT2D eigenvalue weighted by Gasteiger charge is -2.30. The number of likely N-dealkylation sites (tertiary alicyclic amines) is 1. The Balaban J connectivity index is 1.41. The van der Waals surface area contributed by atoms with Gasteiger partial charge in [-0.3, -0.25) is 14.4 Å². The van der Waals surface area contributed by atoms with Crippen LogP contribution in [0, 0.1) is 0 Å². The van der Waals surface area contributed by atoms with E-state index >= 15 is 0 Å². The first kappa shape index (κ1) is 25.0. The van der Waals surface area contributed by atoms with E-state index in [4.69, 9.17) is 0 Å². The van der Waals surface area contributed by atoms with Gasteiger partial charge in [0.1, 0.15) is 4.88 Å². The highest BCUT2D eigenvalue weighted by Gasteiger charge is 2.25. The molecule has 1 atom stereocenters. The Morgan fingerprint density at radius 3 is 2.68 bits per heavy atom. The summed E-state index contributed by atoms with van der Waals surface area (Å²) >= 11 is 1.42. The summed E-state index contributed by atoms with van der Waals surface area (Å²) in [7, 11) is 2.12. The Morgan fingerprint density at radius 1 is 1.14 bits per heavy atom. The summed E-state index contributed by atoms with van der Waals surface area (Å²) in [6.45, 7) is 8.14. The molecule has 1 saturated heterocycles. The summed E-state index contributed by atoms with van der Waals surface area (Å²) in [4.78, 5) is 40.9. The molecule has 3 heterocycles. The summed E-state index contributed by atoms with van der Waals surface area (Å²) in [5.74, 6) is -0.309. The molecule has 0 saturated carbocycles. The maximum Gasteiger partial charge on any atom is 0.263 e. The molecule has 0 bridgehead atoms. The van der Waals surface area contributed by atoms with E-state index in [-0.39, 0.29) is 23.8 Å². The average Bonchev–Trinajstić information content (AvgIpc) is 3.19. The van der Waals surface area contributed by atoms with Gasteiger partial charge in [-0.05, 0) is 87.8 Å². The fraction of sp³-hybridized carbons (Fsp3) is 0.321. The molecule has 3 amide bonds. The zero-order valence-corrected chi connectivity index (χ0v) is 21.8. The molecule has 2 aliphatic rings. The van der Waals surface area contributed by atoms with E-state index < -0.39 is 0 Å². The number of nitrogens with zero attached hydrogens (tertiary/aromatic N) is 1. The predicted octanol–water partition coefficient (Wildman–Crippen LogP) is 4.63. The van der Waals surface area contributed by atoms with Crippen molar-refractivity contribution in [2.45, 2.75) is 31.7 Å². The van der Waals surface area contributed by atoms with Crippen LogP contribution in [0.3, 0.4) is 0 Å². The summed E-state index contributed by atoms with van der Waals surface area (Å²) < 4.78 is 0.940. The molecule has 4 N–H and O–H groups in total. The first-order chi connectivity index (χ1) is 17.8. The average molecular weight is 518 g/mol. The van der Waals surface area contributed by atoms with Gasteiger partial charge < -0.3 is 26.2 Å². The summed E-state index contributed by atoms with van der Waals surface area (Å²) in [6, 6.07) is 11.2. The number of hydrogen-bond acceptors (Lipinski definition) is 6. The van der Waals surface area contributed by atoms with Crippen molar-refractivity contribution in [3.63, 3.8) is 0 Å². The lowest BCUT2D eigenvalue weighted by atomic mass is 9.88. The van der Waals surface area contributed by atoms with E-state index in [2.05, 4.69) is 39.8 Å². The molecule has 37 heavy (non-hydrogen) atoms. The number of carbonyl (C=O) groups is 3. The van der Waals surface area contributed by atoms with E-state index in [1.807, 2.05) is 37.3 Å². The van der Waals surface area contributed by atoms with E-state index in [0.29, 0.717) is 34.3 Å². The lowest BCUT2D eigenvalue weighted by molar-refractivity contribution is -0.111. The van der Waals surface area contributed by atoms with Gasteiger partial charge >= 0.3 is 0 Å². The third kappa shape index (κ3) is 5.23. The number of benzene rings is 2. The Hall–Kier alpha value is -3.69. The summed E-state index contributed by atoms with van der Waals surface area (Å²) in [5, 5.41) is 13.1. The molecule has 9 heteroatoms. The van der Waals surface area contributed by atoms with Gasteiger partial charge in [-0.25, -0.2) is 0 Å². The highest BCUT2D eigenvalue weighted by atomic mass is 32.1. The van der Waals surface area contributed by atoms with Crippen LogP contribution in [0.15, 0.2) is 49.1 Å². The molecule has 8 nitrogen and oxygen atoms in total. The SMILES string of the molecule is C=CC(=O)Nc1cc(NC(=O)c2ccc3sc4c(c3c2)NC[C@@H](C)NC4=O)ccc1C1CCN(C)CC1. The van der Waals surface area contributed by atoms with Gasteiger partial charge in [0.25, 0.3) is 11.8 Å². The van der Waals surface area contributed by atoms with E-state index in [1.165, 1.54) is 17.4 Å². The maximum atomic E-state index is 13.2. The van der Waals surface area contributed by atoms with Crippen molar-refractivity contribution in [1.82, 2.24) is 10.2 Å². The fourth-order valence-corrected chi connectivity index (χ4v) is 6.04. The van der Waals surface area contributed by atoms with Gasteiger partial charge in [-0.1, -0.05) is 12.6 Å². The molecule has 3 aromatic rings. The van der Waals surface area contributed by atoms with Crippen molar-refractivity contribution in [3.8, 4) is 0 Å². The van der Waals surface area contributed by atoms with Gasteiger partial charge in [0, 0.05) is 39.6 Å². The maximum absolute atomic E-state index is 13.2. The Morgan fingerprint density at radius 2 is 1.92 bits per heavy atom. The van der Waals surface area contributed by atoms with Crippen molar-refractivity contribution in [2.24, 2.45) is 0 Å². The highest BCUT2D eigenvalue weighted by molar-refractivity contribution is 7.21. The van der Waals surface area contributed by atoms with Gasteiger partial charge in [0.15, 0.2) is 0 Å². The van der Waals surface area contributed by atoms with Crippen LogP contribution < -0.4 is 21.3 Å². The monoisotopic (exact) mass is 517 g/mol. The molecule has 0 radical (unpaired) electrons. The van der Waals surface area contributed by atoms with Crippen molar-refractivity contribution < 1.29 is 14.4 Å². The van der Waals surface area contributed by atoms with E-state index in [9.17, 15) is 14.4 Å². The van der Waals surface area contributed by atoms with Gasteiger partial charge in [0.2, 0.25) is 5.91 Å². The number of nitrogens with one attached hydrogen (secondary N) is 4. The normalized spacial score (nSPS) is 18.3. The number of anilines is 3. The second kappa shape index (κ2) is 10.4. The Bertz CT molecular complexity index is 1390. The number of amides is 3. The zero-order valence-electron chi connectivity index (χ0n) is 21.0. The zero-order chi connectivity index (χ0) is 26.1. The van der Waals surface area contributed by atoms with Crippen LogP contribution in [0.5, 0.6) is 0 Å². The number of rotatable bonds is 5. The summed E-state index contributed by atoms with van der Waals surface area (Å²) in [6.07, 6.45) is 3.27. The van der Waals surface area contributed by atoms with Gasteiger partial charge in [-0.2, -0.15) is 0 Å². The van der Waals surface area contributed by atoms with E-state index in [1.54, 1.807) is 6.07 Å². The predicted molar refractivity (Wildman–Crippen MR) is 150 cm³/mol. The first-order valence-electron chi connectivity index (χ1n) is 12.5.